The summed E-state index contributed by atoms with van der Waals surface area (Å²) in [7, 11) is 0. The Kier molecular flexibility index (Phi) is 4.21. The number of carbonyl (C=O) groups excluding carboxylic acids is 1. The minimum Gasteiger partial charge on any atom is -0.322 e. The molecular weight excluding hydrogens is 316 g/mol. The normalized spacial score (nSPS) is 10.6. The Morgan fingerprint density at radius 1 is 1.00 bits per heavy atom. The second-order valence-corrected chi connectivity index (χ2v) is 5.98. The van der Waals surface area contributed by atoms with Gasteiger partial charge in [-0.2, -0.15) is 0 Å². The lowest BCUT2D eigenvalue weighted by Crippen LogP contribution is -2.15. The molecule has 2 nitrogen and oxygen atoms in total. The number of anilines is 1. The minimum absolute atomic E-state index is 0.482. The molecule has 0 atom stereocenters. The third-order valence-electron chi connectivity index (χ3n) is 3.46. The summed E-state index contributed by atoms with van der Waals surface area (Å²) in [6.07, 6.45) is 0. The monoisotopic (exact) mass is 329 g/mol. The highest BCUT2D eigenvalue weighted by atomic mass is 32.1. The van der Waals surface area contributed by atoms with Gasteiger partial charge in [-0.15, -0.1) is 11.3 Å². The van der Waals surface area contributed by atoms with Gasteiger partial charge in [0, 0.05) is 10.6 Å². The van der Waals surface area contributed by atoms with Crippen molar-refractivity contribution in [2.75, 3.05) is 5.32 Å². The fraction of sp³-hybridized carbons (Fsp3) is 0.0556. The van der Waals surface area contributed by atoms with Crippen LogP contribution in [0, 0.1) is 18.6 Å². The molecule has 0 radical (unpaired) electrons. The zero-order valence-corrected chi connectivity index (χ0v) is 13.1. The Bertz CT molecular complexity index is 835. The van der Waals surface area contributed by atoms with Crippen LogP contribution in [0.5, 0.6) is 0 Å². The first-order chi connectivity index (χ1) is 11.1. The van der Waals surface area contributed by atoms with Crippen molar-refractivity contribution in [3.05, 3.63) is 76.7 Å². The summed E-state index contributed by atoms with van der Waals surface area (Å²) in [5, 5.41) is 4.53. The number of nitrogens with one attached hydrogen (secondary N) is 1. The molecule has 0 spiro atoms. The van der Waals surface area contributed by atoms with E-state index >= 15 is 0 Å². The maximum atomic E-state index is 13.6. The largest absolute Gasteiger partial charge is 0.322 e. The van der Waals surface area contributed by atoms with Crippen LogP contribution in [0.3, 0.4) is 0 Å². The van der Waals surface area contributed by atoms with Crippen LogP contribution in [-0.4, -0.2) is 5.91 Å². The molecule has 0 saturated heterocycles. The van der Waals surface area contributed by atoms with Gasteiger partial charge in [-0.3, -0.25) is 4.79 Å². The number of carbonyl (C=O) groups is 1. The van der Waals surface area contributed by atoms with Crippen molar-refractivity contribution in [1.29, 1.82) is 0 Å². The lowest BCUT2D eigenvalue weighted by molar-refractivity contribution is 0.101. The predicted molar refractivity (Wildman–Crippen MR) is 88.8 cm³/mol. The van der Waals surface area contributed by atoms with Crippen LogP contribution in [0.25, 0.3) is 10.4 Å². The average Bonchev–Trinajstić information content (AvgIpc) is 2.94. The second kappa shape index (κ2) is 6.30. The Labute approximate surface area is 136 Å². The van der Waals surface area contributed by atoms with E-state index in [0.717, 1.165) is 22.6 Å². The number of halogens is 2. The first-order valence-electron chi connectivity index (χ1n) is 6.96. The summed E-state index contributed by atoms with van der Waals surface area (Å²) in [5.41, 5.74) is 2.12. The van der Waals surface area contributed by atoms with Gasteiger partial charge in [0.15, 0.2) is 0 Å². The van der Waals surface area contributed by atoms with Crippen LogP contribution in [0.15, 0.2) is 53.9 Å². The van der Waals surface area contributed by atoms with Crippen molar-refractivity contribution in [3.8, 4) is 10.4 Å². The average molecular weight is 329 g/mol. The number of amides is 1. The van der Waals surface area contributed by atoms with Crippen molar-refractivity contribution >= 4 is 22.9 Å². The number of thiophene rings is 1. The lowest BCUT2D eigenvalue weighted by atomic mass is 10.1. The molecule has 0 aliphatic heterocycles. The van der Waals surface area contributed by atoms with Gasteiger partial charge in [0.05, 0.1) is 0 Å². The van der Waals surface area contributed by atoms with Gasteiger partial charge >= 0.3 is 0 Å². The molecule has 1 aromatic heterocycles. The summed E-state index contributed by atoms with van der Waals surface area (Å²) >= 11 is 1.64. The van der Waals surface area contributed by atoms with E-state index in [-0.39, 0.29) is 0 Å². The van der Waals surface area contributed by atoms with E-state index < -0.39 is 23.1 Å². The topological polar surface area (TPSA) is 29.1 Å². The van der Waals surface area contributed by atoms with Crippen LogP contribution < -0.4 is 5.32 Å². The second-order valence-electron chi connectivity index (χ2n) is 5.06. The van der Waals surface area contributed by atoms with Crippen molar-refractivity contribution in [1.82, 2.24) is 0 Å². The highest BCUT2D eigenvalue weighted by molar-refractivity contribution is 7.13. The number of rotatable bonds is 3. The summed E-state index contributed by atoms with van der Waals surface area (Å²) in [6.45, 7) is 2.03. The van der Waals surface area contributed by atoms with Gasteiger partial charge in [-0.25, -0.2) is 8.78 Å². The molecule has 2 aromatic carbocycles. The molecule has 1 heterocycles. The molecule has 0 bridgehead atoms. The zero-order valence-electron chi connectivity index (χ0n) is 12.3. The molecular formula is C18H13F2NOS. The molecule has 0 unspecified atom stereocenters. The molecule has 5 heteroatoms. The first-order valence-corrected chi connectivity index (χ1v) is 7.84. The minimum atomic E-state index is -0.881. The first kappa shape index (κ1) is 15.4. The number of aryl methyl sites for hydroxylation is 1. The Hall–Kier alpha value is -2.53. The van der Waals surface area contributed by atoms with Crippen molar-refractivity contribution in [2.24, 2.45) is 0 Å². The molecule has 1 N–H and O–H groups in total. The van der Waals surface area contributed by atoms with Crippen LogP contribution >= 0.6 is 11.3 Å². The van der Waals surface area contributed by atoms with Crippen LogP contribution in [-0.2, 0) is 0 Å². The summed E-state index contributed by atoms with van der Waals surface area (Å²) < 4.78 is 27.2. The summed E-state index contributed by atoms with van der Waals surface area (Å²) in [5.74, 6) is -2.57. The smallest absolute Gasteiger partial charge is 0.261 e. The number of hydrogen-bond acceptors (Lipinski definition) is 2. The molecule has 116 valence electrons. The lowest BCUT2D eigenvalue weighted by Gasteiger charge is -2.08. The SMILES string of the molecule is Cc1ccsc1-c1ccc(NC(=O)c2c(F)cccc2F)cc1. The molecule has 1 amide bonds. The van der Waals surface area contributed by atoms with E-state index in [1.807, 2.05) is 30.5 Å². The number of hydrogen-bond donors (Lipinski definition) is 1. The highest BCUT2D eigenvalue weighted by Crippen LogP contribution is 2.29. The van der Waals surface area contributed by atoms with Gasteiger partial charge in [0.2, 0.25) is 0 Å². The summed E-state index contributed by atoms with van der Waals surface area (Å²) in [4.78, 5) is 13.2. The van der Waals surface area contributed by atoms with E-state index in [0.29, 0.717) is 5.69 Å². The quantitative estimate of drug-likeness (QED) is 0.698. The molecule has 23 heavy (non-hydrogen) atoms. The fourth-order valence-corrected chi connectivity index (χ4v) is 3.22. The van der Waals surface area contributed by atoms with Crippen LogP contribution in [0.1, 0.15) is 15.9 Å². The maximum absolute atomic E-state index is 13.6. The Morgan fingerprint density at radius 3 is 2.22 bits per heavy atom. The maximum Gasteiger partial charge on any atom is 0.261 e. The predicted octanol–water partition coefficient (Wildman–Crippen LogP) is 5.25. The third kappa shape index (κ3) is 3.14. The van der Waals surface area contributed by atoms with E-state index in [1.165, 1.54) is 11.6 Å². The third-order valence-corrected chi connectivity index (χ3v) is 4.52. The molecule has 3 aromatic rings. The highest BCUT2D eigenvalue weighted by Gasteiger charge is 2.17. The van der Waals surface area contributed by atoms with Gasteiger partial charge in [-0.1, -0.05) is 18.2 Å². The molecule has 3 rings (SSSR count). The van der Waals surface area contributed by atoms with Crippen molar-refractivity contribution in [3.63, 3.8) is 0 Å². The van der Waals surface area contributed by atoms with Crippen molar-refractivity contribution in [2.45, 2.75) is 6.92 Å². The zero-order chi connectivity index (χ0) is 16.4. The van der Waals surface area contributed by atoms with Crippen molar-refractivity contribution < 1.29 is 13.6 Å². The molecule has 0 fully saturated rings. The van der Waals surface area contributed by atoms with Crippen LogP contribution in [0.4, 0.5) is 14.5 Å². The van der Waals surface area contributed by atoms with Gasteiger partial charge in [-0.05, 0) is 53.8 Å². The summed E-state index contributed by atoms with van der Waals surface area (Å²) in [6, 6.07) is 12.5. The van der Waals surface area contributed by atoms with E-state index in [1.54, 1.807) is 23.5 Å². The Balaban J connectivity index is 1.81. The number of benzene rings is 2. The Morgan fingerprint density at radius 2 is 1.65 bits per heavy atom. The van der Waals surface area contributed by atoms with Gasteiger partial charge < -0.3 is 5.32 Å². The van der Waals surface area contributed by atoms with Gasteiger partial charge in [0.25, 0.3) is 5.91 Å². The van der Waals surface area contributed by atoms with Crippen LogP contribution in [0.2, 0.25) is 0 Å². The van der Waals surface area contributed by atoms with E-state index in [4.69, 9.17) is 0 Å². The van der Waals surface area contributed by atoms with E-state index in [2.05, 4.69) is 5.32 Å². The standard InChI is InChI=1S/C18H13F2NOS/c1-11-9-10-23-17(11)12-5-7-13(8-6-12)21-18(22)16-14(19)3-2-4-15(16)20/h2-10H,1H3,(H,21,22). The van der Waals surface area contributed by atoms with Gasteiger partial charge in [0.1, 0.15) is 17.2 Å². The van der Waals surface area contributed by atoms with E-state index in [9.17, 15) is 13.6 Å². The molecule has 0 aliphatic rings. The molecule has 0 aliphatic carbocycles. The fourth-order valence-electron chi connectivity index (χ4n) is 2.28. The molecule has 0 saturated carbocycles.